The molecule has 0 bridgehead atoms. The van der Waals surface area contributed by atoms with Crippen molar-refractivity contribution in [3.05, 3.63) is 45.9 Å². The highest BCUT2D eigenvalue weighted by Crippen LogP contribution is 2.21. The van der Waals surface area contributed by atoms with Gasteiger partial charge in [0.25, 0.3) is 0 Å². The van der Waals surface area contributed by atoms with E-state index in [1.165, 1.54) is 15.4 Å². The number of hydrogen-bond donors (Lipinski definition) is 1. The first-order valence-electron chi connectivity index (χ1n) is 7.46. The molecule has 2 atom stereocenters. The number of aryl methyl sites for hydroxylation is 1. The van der Waals surface area contributed by atoms with Crippen LogP contribution in [0.25, 0.3) is 0 Å². The number of benzene rings is 1. The largest absolute Gasteiger partial charge is 0.497 e. The SMILES string of the molecule is CCc1cnc(C(C)NC(C)Cc2ccc(OC)cc2)s1. The van der Waals surface area contributed by atoms with Crippen molar-refractivity contribution < 1.29 is 4.74 Å². The number of hydrogen-bond acceptors (Lipinski definition) is 4. The van der Waals surface area contributed by atoms with Gasteiger partial charge >= 0.3 is 0 Å². The first-order valence-corrected chi connectivity index (χ1v) is 8.27. The molecular weight excluding hydrogens is 280 g/mol. The number of aromatic nitrogens is 1. The van der Waals surface area contributed by atoms with Crippen molar-refractivity contribution in [3.8, 4) is 5.75 Å². The summed E-state index contributed by atoms with van der Waals surface area (Å²) in [6, 6.07) is 8.98. The second kappa shape index (κ2) is 7.57. The zero-order chi connectivity index (χ0) is 15.2. The summed E-state index contributed by atoms with van der Waals surface area (Å²) in [7, 11) is 1.69. The highest BCUT2D eigenvalue weighted by Gasteiger charge is 2.13. The van der Waals surface area contributed by atoms with Crippen molar-refractivity contribution in [2.24, 2.45) is 0 Å². The molecule has 1 heterocycles. The molecule has 2 unspecified atom stereocenters. The van der Waals surface area contributed by atoms with Gasteiger partial charge in [-0.15, -0.1) is 11.3 Å². The van der Waals surface area contributed by atoms with Crippen molar-refractivity contribution in [1.29, 1.82) is 0 Å². The van der Waals surface area contributed by atoms with Crippen molar-refractivity contribution in [1.82, 2.24) is 10.3 Å². The predicted molar refractivity (Wildman–Crippen MR) is 89.2 cm³/mol. The minimum atomic E-state index is 0.295. The van der Waals surface area contributed by atoms with Gasteiger partial charge in [0.15, 0.2) is 0 Å². The third-order valence-electron chi connectivity index (χ3n) is 3.53. The standard InChI is InChI=1S/C17H24N2OS/c1-5-16-11-18-17(21-16)13(3)19-12(2)10-14-6-8-15(20-4)9-7-14/h6-9,11-13,19H,5,10H2,1-4H3. The monoisotopic (exact) mass is 304 g/mol. The summed E-state index contributed by atoms with van der Waals surface area (Å²) >= 11 is 1.80. The number of rotatable bonds is 7. The van der Waals surface area contributed by atoms with Crippen LogP contribution in [0.4, 0.5) is 0 Å². The normalized spacial score (nSPS) is 13.9. The smallest absolute Gasteiger partial charge is 0.118 e. The van der Waals surface area contributed by atoms with E-state index in [9.17, 15) is 0 Å². The maximum Gasteiger partial charge on any atom is 0.118 e. The molecule has 4 heteroatoms. The van der Waals surface area contributed by atoms with Crippen molar-refractivity contribution >= 4 is 11.3 Å². The Balaban J connectivity index is 1.89. The third-order valence-corrected chi connectivity index (χ3v) is 4.85. The van der Waals surface area contributed by atoms with Crippen LogP contribution in [0.1, 0.15) is 42.3 Å². The minimum absolute atomic E-state index is 0.295. The van der Waals surface area contributed by atoms with Crippen LogP contribution in [0.2, 0.25) is 0 Å². The van der Waals surface area contributed by atoms with E-state index < -0.39 is 0 Å². The zero-order valence-electron chi connectivity index (χ0n) is 13.2. The second-order valence-corrected chi connectivity index (χ2v) is 6.51. The van der Waals surface area contributed by atoms with Crippen molar-refractivity contribution in [2.75, 3.05) is 7.11 Å². The Hall–Kier alpha value is -1.39. The lowest BCUT2D eigenvalue weighted by Gasteiger charge is -2.18. The second-order valence-electron chi connectivity index (χ2n) is 5.36. The molecule has 0 aliphatic heterocycles. The third kappa shape index (κ3) is 4.55. The average molecular weight is 304 g/mol. The Morgan fingerprint density at radius 2 is 1.95 bits per heavy atom. The molecule has 2 aromatic rings. The summed E-state index contributed by atoms with van der Waals surface area (Å²) in [6.07, 6.45) is 4.05. The van der Waals surface area contributed by atoms with Gasteiger partial charge in [0.05, 0.1) is 13.2 Å². The van der Waals surface area contributed by atoms with Crippen LogP contribution in [0.15, 0.2) is 30.5 Å². The Morgan fingerprint density at radius 1 is 1.24 bits per heavy atom. The van der Waals surface area contributed by atoms with E-state index in [2.05, 4.69) is 43.2 Å². The van der Waals surface area contributed by atoms with Crippen LogP contribution >= 0.6 is 11.3 Å². The molecule has 0 radical (unpaired) electrons. The van der Waals surface area contributed by atoms with E-state index in [0.29, 0.717) is 12.1 Å². The molecule has 0 amide bonds. The summed E-state index contributed by atoms with van der Waals surface area (Å²) in [4.78, 5) is 5.86. The summed E-state index contributed by atoms with van der Waals surface area (Å²) in [5, 5.41) is 4.80. The van der Waals surface area contributed by atoms with Gasteiger partial charge < -0.3 is 10.1 Å². The van der Waals surface area contributed by atoms with Crippen LogP contribution < -0.4 is 10.1 Å². The number of methoxy groups -OCH3 is 1. The topological polar surface area (TPSA) is 34.2 Å². The lowest BCUT2D eigenvalue weighted by atomic mass is 10.1. The Kier molecular flexibility index (Phi) is 5.76. The lowest BCUT2D eigenvalue weighted by Crippen LogP contribution is -2.30. The van der Waals surface area contributed by atoms with Crippen molar-refractivity contribution in [2.45, 2.75) is 45.7 Å². The highest BCUT2D eigenvalue weighted by molar-refractivity contribution is 7.11. The van der Waals surface area contributed by atoms with E-state index in [1.54, 1.807) is 18.4 Å². The summed E-state index contributed by atoms with van der Waals surface area (Å²) < 4.78 is 5.19. The summed E-state index contributed by atoms with van der Waals surface area (Å²) in [5.41, 5.74) is 1.32. The van der Waals surface area contributed by atoms with Gasteiger partial charge in [-0.2, -0.15) is 0 Å². The fourth-order valence-corrected chi connectivity index (χ4v) is 3.23. The molecule has 3 nitrogen and oxygen atoms in total. The molecule has 2 rings (SSSR count). The molecule has 0 fully saturated rings. The molecule has 1 aromatic heterocycles. The number of nitrogens with one attached hydrogen (secondary N) is 1. The molecule has 1 N–H and O–H groups in total. The molecular formula is C17H24N2OS. The quantitative estimate of drug-likeness (QED) is 0.839. The molecule has 0 aliphatic carbocycles. The fraction of sp³-hybridized carbons (Fsp3) is 0.471. The summed E-state index contributed by atoms with van der Waals surface area (Å²) in [6.45, 7) is 6.57. The van der Waals surface area contributed by atoms with E-state index in [4.69, 9.17) is 4.74 Å². The zero-order valence-corrected chi connectivity index (χ0v) is 14.0. The van der Waals surface area contributed by atoms with Crippen LogP contribution in [0, 0.1) is 0 Å². The number of nitrogens with zero attached hydrogens (tertiary/aromatic N) is 1. The van der Waals surface area contributed by atoms with Crippen molar-refractivity contribution in [3.63, 3.8) is 0 Å². The van der Waals surface area contributed by atoms with Gasteiger partial charge in [-0.05, 0) is 44.4 Å². The summed E-state index contributed by atoms with van der Waals surface area (Å²) in [5.74, 6) is 0.905. The van der Waals surface area contributed by atoms with Gasteiger partial charge in [-0.1, -0.05) is 19.1 Å². The van der Waals surface area contributed by atoms with Gasteiger partial charge in [-0.25, -0.2) is 4.98 Å². The fourth-order valence-electron chi connectivity index (χ4n) is 2.36. The van der Waals surface area contributed by atoms with Crippen LogP contribution in [0.3, 0.4) is 0 Å². The highest BCUT2D eigenvalue weighted by atomic mass is 32.1. The molecule has 0 saturated heterocycles. The molecule has 0 saturated carbocycles. The van der Waals surface area contributed by atoms with E-state index in [0.717, 1.165) is 18.6 Å². The predicted octanol–water partition coefficient (Wildman–Crippen LogP) is 4.00. The van der Waals surface area contributed by atoms with E-state index in [-0.39, 0.29) is 0 Å². The van der Waals surface area contributed by atoms with Gasteiger partial charge in [0.2, 0.25) is 0 Å². The van der Waals surface area contributed by atoms with E-state index >= 15 is 0 Å². The molecule has 21 heavy (non-hydrogen) atoms. The Bertz CT molecular complexity index is 550. The van der Waals surface area contributed by atoms with Crippen LogP contribution in [0.5, 0.6) is 5.75 Å². The Labute approximate surface area is 131 Å². The maximum atomic E-state index is 5.19. The van der Waals surface area contributed by atoms with E-state index in [1.807, 2.05) is 18.3 Å². The molecule has 0 aliphatic rings. The average Bonchev–Trinajstić information content (AvgIpc) is 2.97. The first kappa shape index (κ1) is 16.0. The van der Waals surface area contributed by atoms with Gasteiger partial charge in [0.1, 0.15) is 10.8 Å². The van der Waals surface area contributed by atoms with Crippen LogP contribution in [-0.2, 0) is 12.8 Å². The lowest BCUT2D eigenvalue weighted by molar-refractivity contribution is 0.414. The molecule has 0 spiro atoms. The number of ether oxygens (including phenoxy) is 1. The maximum absolute atomic E-state index is 5.19. The molecule has 114 valence electrons. The Morgan fingerprint density at radius 3 is 2.52 bits per heavy atom. The van der Waals surface area contributed by atoms with Crippen LogP contribution in [-0.4, -0.2) is 18.1 Å². The van der Waals surface area contributed by atoms with Gasteiger partial charge in [0, 0.05) is 17.1 Å². The minimum Gasteiger partial charge on any atom is -0.497 e. The number of thiazole rings is 1. The first-order chi connectivity index (χ1) is 10.1. The van der Waals surface area contributed by atoms with Gasteiger partial charge in [-0.3, -0.25) is 0 Å². The molecule has 1 aromatic carbocycles.